The molecule has 0 aliphatic rings. The van der Waals surface area contributed by atoms with E-state index in [-0.39, 0.29) is 5.82 Å². The molecule has 6 heteroatoms. The van der Waals surface area contributed by atoms with Crippen molar-refractivity contribution in [3.8, 4) is 0 Å². The zero-order valence-corrected chi connectivity index (χ0v) is 11.5. The molecule has 1 aromatic carbocycles. The van der Waals surface area contributed by atoms with Crippen molar-refractivity contribution in [3.05, 3.63) is 47.1 Å². The lowest BCUT2D eigenvalue weighted by molar-refractivity contribution is 0.617. The Morgan fingerprint density at radius 3 is 2.89 bits per heavy atom. The van der Waals surface area contributed by atoms with E-state index in [9.17, 15) is 4.39 Å². The molecule has 0 fully saturated rings. The molecule has 0 saturated heterocycles. The number of thiophene rings is 1. The fourth-order valence-electron chi connectivity index (χ4n) is 1.68. The van der Waals surface area contributed by atoms with Crippen LogP contribution in [0, 0.1) is 5.82 Å². The molecule has 0 radical (unpaired) electrons. The molecule has 3 rings (SSSR count). The van der Waals surface area contributed by atoms with E-state index >= 15 is 0 Å². The van der Waals surface area contributed by atoms with Crippen molar-refractivity contribution in [3.63, 3.8) is 0 Å². The van der Waals surface area contributed by atoms with E-state index in [0.29, 0.717) is 22.3 Å². The van der Waals surface area contributed by atoms with Crippen LogP contribution in [-0.4, -0.2) is 9.97 Å². The fraction of sp³-hybridized carbons (Fsp3) is 0.0769. The summed E-state index contributed by atoms with van der Waals surface area (Å²) in [6, 6.07) is 8.61. The van der Waals surface area contributed by atoms with Crippen LogP contribution in [0.4, 0.5) is 10.2 Å². The molecule has 2 N–H and O–H groups in total. The van der Waals surface area contributed by atoms with Gasteiger partial charge < -0.3 is 5.73 Å². The van der Waals surface area contributed by atoms with Gasteiger partial charge in [-0.15, -0.1) is 11.3 Å². The first-order valence-electron chi connectivity index (χ1n) is 5.61. The van der Waals surface area contributed by atoms with Crippen LogP contribution in [0.3, 0.4) is 0 Å². The molecule has 0 aliphatic heterocycles. The van der Waals surface area contributed by atoms with Gasteiger partial charge in [0, 0.05) is 5.75 Å². The number of hydrogen-bond acceptors (Lipinski definition) is 5. The summed E-state index contributed by atoms with van der Waals surface area (Å²) in [7, 11) is 0. The molecule has 0 atom stereocenters. The highest BCUT2D eigenvalue weighted by molar-refractivity contribution is 7.98. The van der Waals surface area contributed by atoms with Crippen molar-refractivity contribution < 1.29 is 4.39 Å². The summed E-state index contributed by atoms with van der Waals surface area (Å²) in [5.41, 5.74) is 6.51. The van der Waals surface area contributed by atoms with Gasteiger partial charge in [-0.05, 0) is 23.1 Å². The standard InChI is InChI=1S/C13H10FN3S2/c14-10-4-2-1-3-8(10)7-19-13-16-11(15)9-5-6-18-12(9)17-13/h1-6H,7H2,(H2,15,16,17). The molecule has 3 aromatic rings. The van der Waals surface area contributed by atoms with E-state index in [4.69, 9.17) is 5.73 Å². The molecule has 0 aliphatic carbocycles. The summed E-state index contributed by atoms with van der Waals surface area (Å²) in [6.45, 7) is 0. The summed E-state index contributed by atoms with van der Waals surface area (Å²) >= 11 is 2.91. The maximum atomic E-state index is 13.5. The SMILES string of the molecule is Nc1nc(SCc2ccccc2F)nc2sccc12. The highest BCUT2D eigenvalue weighted by atomic mass is 32.2. The number of benzene rings is 1. The summed E-state index contributed by atoms with van der Waals surface area (Å²) in [6.07, 6.45) is 0. The molecule has 0 unspecified atom stereocenters. The Balaban J connectivity index is 1.84. The average molecular weight is 291 g/mol. The average Bonchev–Trinajstić information content (AvgIpc) is 2.87. The molecule has 0 bridgehead atoms. The lowest BCUT2D eigenvalue weighted by Crippen LogP contribution is -1.95. The summed E-state index contributed by atoms with van der Waals surface area (Å²) in [5.74, 6) is 0.755. The maximum Gasteiger partial charge on any atom is 0.191 e. The lowest BCUT2D eigenvalue weighted by atomic mass is 10.2. The number of thioether (sulfide) groups is 1. The molecular formula is C13H10FN3S2. The van der Waals surface area contributed by atoms with Crippen LogP contribution >= 0.6 is 23.1 Å². The number of nitrogens with zero attached hydrogens (tertiary/aromatic N) is 2. The molecule has 2 aromatic heterocycles. The number of rotatable bonds is 3. The molecule has 0 spiro atoms. The van der Waals surface area contributed by atoms with Crippen molar-refractivity contribution in [1.29, 1.82) is 0 Å². The van der Waals surface area contributed by atoms with Gasteiger partial charge >= 0.3 is 0 Å². The number of aromatic nitrogens is 2. The van der Waals surface area contributed by atoms with Gasteiger partial charge in [0.15, 0.2) is 5.16 Å². The number of fused-ring (bicyclic) bond motifs is 1. The van der Waals surface area contributed by atoms with E-state index in [1.54, 1.807) is 12.1 Å². The number of nitrogens with two attached hydrogens (primary N) is 1. The normalized spacial score (nSPS) is 11.0. The Morgan fingerprint density at radius 2 is 2.05 bits per heavy atom. The van der Waals surface area contributed by atoms with Gasteiger partial charge in [-0.1, -0.05) is 30.0 Å². The first kappa shape index (κ1) is 12.4. The molecule has 0 saturated carbocycles. The van der Waals surface area contributed by atoms with Gasteiger partial charge in [0.05, 0.1) is 5.39 Å². The predicted molar refractivity (Wildman–Crippen MR) is 77.8 cm³/mol. The Labute approximate surface area is 117 Å². The van der Waals surface area contributed by atoms with Gasteiger partial charge in [0.25, 0.3) is 0 Å². The van der Waals surface area contributed by atoms with Crippen LogP contribution in [0.5, 0.6) is 0 Å². The smallest absolute Gasteiger partial charge is 0.191 e. The van der Waals surface area contributed by atoms with Gasteiger partial charge in [0.2, 0.25) is 0 Å². The third-order valence-electron chi connectivity index (χ3n) is 2.65. The molecule has 19 heavy (non-hydrogen) atoms. The van der Waals surface area contributed by atoms with Crippen LogP contribution in [0.15, 0.2) is 40.9 Å². The van der Waals surface area contributed by atoms with E-state index in [0.717, 1.165) is 10.2 Å². The Kier molecular flexibility index (Phi) is 3.35. The fourth-order valence-corrected chi connectivity index (χ4v) is 3.35. The lowest BCUT2D eigenvalue weighted by Gasteiger charge is -2.03. The Hall–Kier alpha value is -1.66. The molecule has 96 valence electrons. The van der Waals surface area contributed by atoms with Gasteiger partial charge in [0.1, 0.15) is 16.5 Å². The summed E-state index contributed by atoms with van der Waals surface area (Å²) in [4.78, 5) is 9.51. The third kappa shape index (κ3) is 2.54. The minimum Gasteiger partial charge on any atom is -0.383 e. The summed E-state index contributed by atoms with van der Waals surface area (Å²) < 4.78 is 13.5. The Morgan fingerprint density at radius 1 is 1.21 bits per heavy atom. The maximum absolute atomic E-state index is 13.5. The zero-order chi connectivity index (χ0) is 13.2. The van der Waals surface area contributed by atoms with Crippen molar-refractivity contribution in [2.75, 3.05) is 5.73 Å². The van der Waals surface area contributed by atoms with E-state index in [1.807, 2.05) is 17.5 Å². The molecule has 0 amide bonds. The minimum absolute atomic E-state index is 0.208. The number of halogens is 1. The van der Waals surface area contributed by atoms with Gasteiger partial charge in [-0.3, -0.25) is 0 Å². The predicted octanol–water partition coefficient (Wildman–Crippen LogP) is 3.70. The van der Waals surface area contributed by atoms with Gasteiger partial charge in [-0.25, -0.2) is 14.4 Å². The quantitative estimate of drug-likeness (QED) is 0.590. The second kappa shape index (κ2) is 5.14. The number of anilines is 1. The topological polar surface area (TPSA) is 51.8 Å². The first-order chi connectivity index (χ1) is 9.24. The number of hydrogen-bond donors (Lipinski definition) is 1. The molecule has 2 heterocycles. The van der Waals surface area contributed by atoms with Crippen LogP contribution in [0.25, 0.3) is 10.2 Å². The van der Waals surface area contributed by atoms with Crippen LogP contribution in [0.1, 0.15) is 5.56 Å². The minimum atomic E-state index is -0.208. The molecule has 3 nitrogen and oxygen atoms in total. The third-order valence-corrected chi connectivity index (χ3v) is 4.35. The van der Waals surface area contributed by atoms with E-state index in [2.05, 4.69) is 9.97 Å². The zero-order valence-electron chi connectivity index (χ0n) is 9.84. The molecular weight excluding hydrogens is 281 g/mol. The van der Waals surface area contributed by atoms with Crippen molar-refractivity contribution in [1.82, 2.24) is 9.97 Å². The largest absolute Gasteiger partial charge is 0.383 e. The van der Waals surface area contributed by atoms with E-state index in [1.165, 1.54) is 29.2 Å². The van der Waals surface area contributed by atoms with E-state index < -0.39 is 0 Å². The number of nitrogen functional groups attached to an aromatic ring is 1. The highest BCUT2D eigenvalue weighted by Crippen LogP contribution is 2.28. The second-order valence-electron chi connectivity index (χ2n) is 3.91. The van der Waals surface area contributed by atoms with Crippen LogP contribution in [-0.2, 0) is 5.75 Å². The van der Waals surface area contributed by atoms with Crippen LogP contribution < -0.4 is 5.73 Å². The monoisotopic (exact) mass is 291 g/mol. The second-order valence-corrected chi connectivity index (χ2v) is 5.75. The highest BCUT2D eigenvalue weighted by Gasteiger charge is 2.08. The first-order valence-corrected chi connectivity index (χ1v) is 7.47. The Bertz CT molecular complexity index is 727. The van der Waals surface area contributed by atoms with Gasteiger partial charge in [-0.2, -0.15) is 0 Å². The van der Waals surface area contributed by atoms with Crippen LogP contribution in [0.2, 0.25) is 0 Å². The van der Waals surface area contributed by atoms with Crippen molar-refractivity contribution in [2.24, 2.45) is 0 Å². The van der Waals surface area contributed by atoms with Crippen molar-refractivity contribution >= 4 is 39.1 Å². The summed E-state index contributed by atoms with van der Waals surface area (Å²) in [5, 5.41) is 3.39. The van der Waals surface area contributed by atoms with Crippen molar-refractivity contribution in [2.45, 2.75) is 10.9 Å².